The zero-order valence-corrected chi connectivity index (χ0v) is 17.6. The minimum Gasteiger partial charge on any atom is -0.490 e. The molecule has 1 atom stereocenters. The van der Waals surface area contributed by atoms with Crippen LogP contribution in [0.2, 0.25) is 0 Å². The van der Waals surface area contributed by atoms with Crippen molar-refractivity contribution >= 4 is 37.5 Å². The molecular formula is C19H23BrN2O4S. The Balaban J connectivity index is 1.83. The fraction of sp³-hybridized carbons (Fsp3) is 0.316. The van der Waals surface area contributed by atoms with Gasteiger partial charge in [0.1, 0.15) is 11.9 Å². The molecule has 2 aromatic carbocycles. The van der Waals surface area contributed by atoms with E-state index in [1.807, 2.05) is 19.1 Å². The van der Waals surface area contributed by atoms with Crippen LogP contribution in [0.25, 0.3) is 0 Å². The van der Waals surface area contributed by atoms with Crippen molar-refractivity contribution in [1.29, 1.82) is 0 Å². The van der Waals surface area contributed by atoms with Crippen molar-refractivity contribution in [2.45, 2.75) is 25.9 Å². The minimum atomic E-state index is -3.30. The van der Waals surface area contributed by atoms with Gasteiger partial charge in [-0.15, -0.1) is 0 Å². The van der Waals surface area contributed by atoms with Crippen molar-refractivity contribution in [2.75, 3.05) is 17.5 Å². The summed E-state index contributed by atoms with van der Waals surface area (Å²) in [6.07, 6.45) is 2.51. The number of benzene rings is 2. The number of halogens is 1. The highest BCUT2D eigenvalue weighted by molar-refractivity contribution is 9.10. The number of rotatable bonds is 9. The lowest BCUT2D eigenvalue weighted by atomic mass is 10.2. The highest BCUT2D eigenvalue weighted by Gasteiger charge is 2.11. The Morgan fingerprint density at radius 2 is 1.74 bits per heavy atom. The lowest BCUT2D eigenvalue weighted by Gasteiger charge is -2.18. The fourth-order valence-electron chi connectivity index (χ4n) is 2.40. The number of ether oxygens (including phenoxy) is 1. The number of carbonyl (C=O) groups excluding carboxylic acids is 1. The van der Waals surface area contributed by atoms with Crippen LogP contribution >= 0.6 is 15.9 Å². The van der Waals surface area contributed by atoms with Crippen LogP contribution in [0.3, 0.4) is 0 Å². The van der Waals surface area contributed by atoms with Crippen LogP contribution < -0.4 is 14.8 Å². The van der Waals surface area contributed by atoms with Gasteiger partial charge in [-0.1, -0.05) is 22.9 Å². The molecule has 0 radical (unpaired) electrons. The molecule has 0 aliphatic heterocycles. The molecule has 0 saturated heterocycles. The topological polar surface area (TPSA) is 84.5 Å². The SMILES string of the molecule is CCC(CCNC(=O)c1ccc(Br)cc1)Oc1ccc(NS(C)(=O)=O)cc1. The molecule has 2 N–H and O–H groups in total. The quantitative estimate of drug-likeness (QED) is 0.603. The zero-order chi connectivity index (χ0) is 19.9. The van der Waals surface area contributed by atoms with E-state index in [1.165, 1.54) is 0 Å². The molecule has 146 valence electrons. The first-order chi connectivity index (χ1) is 12.8. The molecular weight excluding hydrogens is 432 g/mol. The van der Waals surface area contributed by atoms with E-state index in [2.05, 4.69) is 26.0 Å². The van der Waals surface area contributed by atoms with E-state index in [0.717, 1.165) is 17.1 Å². The molecule has 0 spiro atoms. The summed E-state index contributed by atoms with van der Waals surface area (Å²) in [6, 6.07) is 13.9. The summed E-state index contributed by atoms with van der Waals surface area (Å²) < 4.78 is 31.7. The van der Waals surface area contributed by atoms with Gasteiger partial charge < -0.3 is 10.1 Å². The standard InChI is InChI=1S/C19H23BrN2O4S/c1-3-17(12-13-21-19(23)14-4-6-15(20)7-5-14)26-18-10-8-16(9-11-18)22-27(2,24)25/h4-11,17,22H,3,12-13H2,1-2H3,(H,21,23). The van der Waals surface area contributed by atoms with Gasteiger partial charge in [-0.2, -0.15) is 0 Å². The van der Waals surface area contributed by atoms with Crippen LogP contribution in [0, 0.1) is 0 Å². The lowest BCUT2D eigenvalue weighted by Crippen LogP contribution is -2.28. The zero-order valence-electron chi connectivity index (χ0n) is 15.2. The number of hydrogen-bond donors (Lipinski definition) is 2. The summed E-state index contributed by atoms with van der Waals surface area (Å²) in [6.45, 7) is 2.52. The van der Waals surface area contributed by atoms with Gasteiger partial charge in [-0.05, 0) is 55.0 Å². The van der Waals surface area contributed by atoms with Crippen molar-refractivity contribution in [1.82, 2.24) is 5.32 Å². The van der Waals surface area contributed by atoms with E-state index in [-0.39, 0.29) is 12.0 Å². The summed E-state index contributed by atoms with van der Waals surface area (Å²) in [4.78, 5) is 12.1. The highest BCUT2D eigenvalue weighted by Crippen LogP contribution is 2.19. The number of hydrogen-bond acceptors (Lipinski definition) is 4. The monoisotopic (exact) mass is 454 g/mol. The summed E-state index contributed by atoms with van der Waals surface area (Å²) >= 11 is 3.34. The maximum atomic E-state index is 12.1. The maximum Gasteiger partial charge on any atom is 0.251 e. The van der Waals surface area contributed by atoms with Gasteiger partial charge in [0.05, 0.1) is 6.26 Å². The molecule has 27 heavy (non-hydrogen) atoms. The Hall–Kier alpha value is -2.06. The van der Waals surface area contributed by atoms with Crippen molar-refractivity contribution in [3.63, 3.8) is 0 Å². The summed E-state index contributed by atoms with van der Waals surface area (Å²) in [5.74, 6) is 0.536. The van der Waals surface area contributed by atoms with Crippen LogP contribution in [0.15, 0.2) is 53.0 Å². The molecule has 0 saturated carbocycles. The van der Waals surface area contributed by atoms with E-state index in [9.17, 15) is 13.2 Å². The van der Waals surface area contributed by atoms with E-state index in [1.54, 1.807) is 36.4 Å². The molecule has 0 aliphatic rings. The molecule has 8 heteroatoms. The van der Waals surface area contributed by atoms with Crippen molar-refractivity contribution in [3.05, 3.63) is 58.6 Å². The fourth-order valence-corrected chi connectivity index (χ4v) is 3.23. The van der Waals surface area contributed by atoms with Crippen LogP contribution in [0.4, 0.5) is 5.69 Å². The average Bonchev–Trinajstić information content (AvgIpc) is 2.61. The third kappa shape index (κ3) is 7.60. The number of anilines is 1. The van der Waals surface area contributed by atoms with Gasteiger partial charge in [-0.25, -0.2) is 8.42 Å². The van der Waals surface area contributed by atoms with Crippen molar-refractivity contribution in [2.24, 2.45) is 0 Å². The van der Waals surface area contributed by atoms with Gasteiger partial charge >= 0.3 is 0 Å². The first kappa shape index (κ1) is 21.2. The smallest absolute Gasteiger partial charge is 0.251 e. The van der Waals surface area contributed by atoms with Crippen LogP contribution in [-0.2, 0) is 10.0 Å². The summed E-state index contributed by atoms with van der Waals surface area (Å²) in [5, 5.41) is 2.89. The average molecular weight is 455 g/mol. The number of carbonyl (C=O) groups is 1. The first-order valence-electron chi connectivity index (χ1n) is 8.55. The highest BCUT2D eigenvalue weighted by atomic mass is 79.9. The Bertz CT molecular complexity index is 852. The van der Waals surface area contributed by atoms with Gasteiger partial charge in [0, 0.05) is 28.7 Å². The molecule has 1 unspecified atom stereocenters. The Morgan fingerprint density at radius 1 is 1.11 bits per heavy atom. The largest absolute Gasteiger partial charge is 0.490 e. The van der Waals surface area contributed by atoms with Crippen molar-refractivity contribution in [3.8, 4) is 5.75 Å². The Morgan fingerprint density at radius 3 is 2.30 bits per heavy atom. The van der Waals surface area contributed by atoms with Gasteiger partial charge in [0.2, 0.25) is 10.0 Å². The van der Waals surface area contributed by atoms with Gasteiger partial charge in [-0.3, -0.25) is 9.52 Å². The Labute approximate surface area is 168 Å². The molecule has 0 aliphatic carbocycles. The minimum absolute atomic E-state index is 0.0519. The molecule has 1 amide bonds. The molecule has 0 heterocycles. The predicted octanol–water partition coefficient (Wildman–Crippen LogP) is 3.80. The van der Waals surface area contributed by atoms with E-state index in [0.29, 0.717) is 30.0 Å². The van der Waals surface area contributed by atoms with E-state index >= 15 is 0 Å². The number of nitrogens with one attached hydrogen (secondary N) is 2. The molecule has 6 nitrogen and oxygen atoms in total. The molecule has 2 aromatic rings. The van der Waals surface area contributed by atoms with Crippen LogP contribution in [0.1, 0.15) is 30.1 Å². The lowest BCUT2D eigenvalue weighted by molar-refractivity contribution is 0.0945. The van der Waals surface area contributed by atoms with Crippen molar-refractivity contribution < 1.29 is 17.9 Å². The van der Waals surface area contributed by atoms with Gasteiger partial charge in [0.25, 0.3) is 5.91 Å². The van der Waals surface area contributed by atoms with Gasteiger partial charge in [0.15, 0.2) is 0 Å². The number of sulfonamides is 1. The molecule has 2 rings (SSSR count). The normalized spacial score (nSPS) is 12.3. The summed E-state index contributed by atoms with van der Waals surface area (Å²) in [5.41, 5.74) is 1.10. The molecule has 0 aromatic heterocycles. The second-order valence-electron chi connectivity index (χ2n) is 6.10. The second-order valence-corrected chi connectivity index (χ2v) is 8.76. The third-order valence-electron chi connectivity index (χ3n) is 3.77. The van der Waals surface area contributed by atoms with Crippen LogP contribution in [-0.4, -0.2) is 33.2 Å². The molecule has 0 fully saturated rings. The number of amides is 1. The molecule has 0 bridgehead atoms. The van der Waals surface area contributed by atoms with E-state index < -0.39 is 10.0 Å². The summed E-state index contributed by atoms with van der Waals surface area (Å²) in [7, 11) is -3.30. The maximum absolute atomic E-state index is 12.1. The predicted molar refractivity (Wildman–Crippen MR) is 111 cm³/mol. The first-order valence-corrected chi connectivity index (χ1v) is 11.2. The Kier molecular flexibility index (Phi) is 7.67. The van der Waals surface area contributed by atoms with Crippen LogP contribution in [0.5, 0.6) is 5.75 Å². The third-order valence-corrected chi connectivity index (χ3v) is 4.91. The van der Waals surface area contributed by atoms with E-state index in [4.69, 9.17) is 4.74 Å². The second kappa shape index (κ2) is 9.75.